The molecule has 0 aliphatic rings. The van der Waals surface area contributed by atoms with Gasteiger partial charge >= 0.3 is 0 Å². The lowest BCUT2D eigenvalue weighted by Gasteiger charge is -2.18. The molecule has 18 heavy (non-hydrogen) atoms. The summed E-state index contributed by atoms with van der Waals surface area (Å²) in [6.45, 7) is 6.02. The Balaban J connectivity index is 2.65. The molecule has 3 nitrogen and oxygen atoms in total. The number of ether oxygens (including phenoxy) is 1. The smallest absolute Gasteiger partial charge is 0.124 e. The molecular weight excluding hydrogens is 224 g/mol. The molecule has 0 saturated carbocycles. The van der Waals surface area contributed by atoms with Crippen molar-refractivity contribution in [2.75, 3.05) is 20.7 Å². The summed E-state index contributed by atoms with van der Waals surface area (Å²) in [5.41, 5.74) is 3.65. The fourth-order valence-corrected chi connectivity index (χ4v) is 2.27. The Hall–Kier alpha value is -1.53. The number of benzene rings is 1. The Bertz CT molecular complexity index is 412. The minimum atomic E-state index is 0.630. The van der Waals surface area contributed by atoms with Crippen LogP contribution in [0.2, 0.25) is 0 Å². The molecule has 0 bridgehead atoms. The van der Waals surface area contributed by atoms with Gasteiger partial charge in [-0.3, -0.25) is 0 Å². The van der Waals surface area contributed by atoms with Crippen molar-refractivity contribution in [3.63, 3.8) is 0 Å². The van der Waals surface area contributed by atoms with Gasteiger partial charge in [0.15, 0.2) is 0 Å². The van der Waals surface area contributed by atoms with Crippen molar-refractivity contribution < 1.29 is 4.74 Å². The van der Waals surface area contributed by atoms with E-state index in [-0.39, 0.29) is 0 Å². The molecule has 0 aromatic heterocycles. The molecule has 98 valence electrons. The first-order valence-electron chi connectivity index (χ1n) is 6.28. The summed E-state index contributed by atoms with van der Waals surface area (Å²) < 4.78 is 5.37. The molecule has 1 aromatic carbocycles. The van der Waals surface area contributed by atoms with Gasteiger partial charge < -0.3 is 9.64 Å². The maximum absolute atomic E-state index is 8.52. The highest BCUT2D eigenvalue weighted by atomic mass is 16.5. The summed E-state index contributed by atoms with van der Waals surface area (Å²) in [5.74, 6) is 0.978. The molecule has 3 heteroatoms. The van der Waals surface area contributed by atoms with E-state index in [0.29, 0.717) is 6.42 Å². The average molecular weight is 246 g/mol. The topological polar surface area (TPSA) is 36.3 Å². The lowest BCUT2D eigenvalue weighted by atomic mass is 10.1. The van der Waals surface area contributed by atoms with E-state index in [2.05, 4.69) is 44.0 Å². The van der Waals surface area contributed by atoms with E-state index in [0.717, 1.165) is 25.3 Å². The van der Waals surface area contributed by atoms with E-state index in [4.69, 9.17) is 10.00 Å². The lowest BCUT2D eigenvalue weighted by molar-refractivity contribution is 0.323. The molecule has 0 N–H and O–H groups in total. The molecule has 0 atom stereocenters. The standard InChI is InChI=1S/C15H22N2O/c1-12-9-14(10-13(2)15(12)18-4)11-17(3)8-6-5-7-16/h9-10H,5-6,8,11H2,1-4H3. The Morgan fingerprint density at radius 2 is 1.89 bits per heavy atom. The number of unbranched alkanes of at least 4 members (excludes halogenated alkanes) is 1. The van der Waals surface area contributed by atoms with Crippen molar-refractivity contribution in [1.82, 2.24) is 4.90 Å². The molecule has 0 unspecified atom stereocenters. The first-order chi connectivity index (χ1) is 8.58. The number of aryl methyl sites for hydroxylation is 2. The second-order valence-corrected chi connectivity index (χ2v) is 4.76. The largest absolute Gasteiger partial charge is 0.496 e. The average Bonchev–Trinajstić information content (AvgIpc) is 2.29. The summed E-state index contributed by atoms with van der Waals surface area (Å²) in [6.07, 6.45) is 1.56. The highest BCUT2D eigenvalue weighted by Gasteiger charge is 2.07. The van der Waals surface area contributed by atoms with Crippen LogP contribution in [0.5, 0.6) is 5.75 Å². The molecular formula is C15H22N2O. The zero-order chi connectivity index (χ0) is 13.5. The minimum absolute atomic E-state index is 0.630. The molecule has 1 aromatic rings. The van der Waals surface area contributed by atoms with Crippen molar-refractivity contribution >= 4 is 0 Å². The third-order valence-electron chi connectivity index (χ3n) is 3.01. The van der Waals surface area contributed by atoms with Crippen molar-refractivity contribution in [3.8, 4) is 11.8 Å². The number of methoxy groups -OCH3 is 1. The molecule has 0 aliphatic carbocycles. The highest BCUT2D eigenvalue weighted by molar-refractivity contribution is 5.43. The van der Waals surface area contributed by atoms with Gasteiger partial charge in [0.05, 0.1) is 13.2 Å². The first-order valence-corrected chi connectivity index (χ1v) is 6.28. The molecule has 1 rings (SSSR count). The zero-order valence-electron chi connectivity index (χ0n) is 11.8. The van der Waals surface area contributed by atoms with Crippen molar-refractivity contribution in [1.29, 1.82) is 5.26 Å². The fraction of sp³-hybridized carbons (Fsp3) is 0.533. The van der Waals surface area contributed by atoms with Gasteiger partial charge in [-0.05, 0) is 50.6 Å². The van der Waals surface area contributed by atoms with E-state index >= 15 is 0 Å². The Morgan fingerprint density at radius 1 is 1.28 bits per heavy atom. The van der Waals surface area contributed by atoms with Gasteiger partial charge in [-0.2, -0.15) is 5.26 Å². The normalized spacial score (nSPS) is 10.4. The maximum atomic E-state index is 8.52. The first kappa shape index (κ1) is 14.5. The van der Waals surface area contributed by atoms with E-state index in [1.165, 1.54) is 16.7 Å². The monoisotopic (exact) mass is 246 g/mol. The highest BCUT2D eigenvalue weighted by Crippen LogP contribution is 2.24. The lowest BCUT2D eigenvalue weighted by Crippen LogP contribution is -2.19. The van der Waals surface area contributed by atoms with E-state index in [1.807, 2.05) is 0 Å². The van der Waals surface area contributed by atoms with Gasteiger partial charge in [-0.15, -0.1) is 0 Å². The van der Waals surface area contributed by atoms with Gasteiger partial charge in [-0.25, -0.2) is 0 Å². The predicted octanol–water partition coefficient (Wildman–Crippen LogP) is 3.05. The van der Waals surface area contributed by atoms with Crippen LogP contribution in [0.3, 0.4) is 0 Å². The maximum Gasteiger partial charge on any atom is 0.124 e. The quantitative estimate of drug-likeness (QED) is 0.724. The second-order valence-electron chi connectivity index (χ2n) is 4.76. The number of nitrogens with zero attached hydrogens (tertiary/aromatic N) is 2. The van der Waals surface area contributed by atoms with Crippen LogP contribution in [0, 0.1) is 25.2 Å². The van der Waals surface area contributed by atoms with Crippen LogP contribution < -0.4 is 4.74 Å². The van der Waals surface area contributed by atoms with E-state index < -0.39 is 0 Å². The van der Waals surface area contributed by atoms with Crippen LogP contribution in [0.4, 0.5) is 0 Å². The fourth-order valence-electron chi connectivity index (χ4n) is 2.27. The van der Waals surface area contributed by atoms with Crippen LogP contribution in [0.1, 0.15) is 29.5 Å². The summed E-state index contributed by atoms with van der Waals surface area (Å²) in [4.78, 5) is 2.25. The molecule has 0 aliphatic heterocycles. The molecule has 0 amide bonds. The van der Waals surface area contributed by atoms with E-state index in [1.54, 1.807) is 7.11 Å². The van der Waals surface area contributed by atoms with Crippen molar-refractivity contribution in [2.24, 2.45) is 0 Å². The van der Waals surface area contributed by atoms with Crippen molar-refractivity contribution in [3.05, 3.63) is 28.8 Å². The van der Waals surface area contributed by atoms with Crippen LogP contribution in [0.25, 0.3) is 0 Å². The molecule has 0 radical (unpaired) electrons. The van der Waals surface area contributed by atoms with Gasteiger partial charge in [0.2, 0.25) is 0 Å². The van der Waals surface area contributed by atoms with Crippen LogP contribution >= 0.6 is 0 Å². The Labute approximate surface area is 110 Å². The third-order valence-corrected chi connectivity index (χ3v) is 3.01. The summed E-state index contributed by atoms with van der Waals surface area (Å²) in [6, 6.07) is 6.52. The summed E-state index contributed by atoms with van der Waals surface area (Å²) in [5, 5.41) is 8.52. The van der Waals surface area contributed by atoms with Gasteiger partial charge in [0.25, 0.3) is 0 Å². The van der Waals surface area contributed by atoms with Crippen LogP contribution in [-0.2, 0) is 6.54 Å². The van der Waals surface area contributed by atoms with Gasteiger partial charge in [-0.1, -0.05) is 12.1 Å². The molecule has 0 spiro atoms. The molecule has 0 heterocycles. The third kappa shape index (κ3) is 4.05. The summed E-state index contributed by atoms with van der Waals surface area (Å²) >= 11 is 0. The van der Waals surface area contributed by atoms with Gasteiger partial charge in [0, 0.05) is 13.0 Å². The SMILES string of the molecule is COc1c(C)cc(CN(C)CCCC#N)cc1C. The number of hydrogen-bond acceptors (Lipinski definition) is 3. The van der Waals surface area contributed by atoms with Crippen LogP contribution in [-0.4, -0.2) is 25.6 Å². The van der Waals surface area contributed by atoms with Crippen molar-refractivity contribution in [2.45, 2.75) is 33.2 Å². The summed E-state index contributed by atoms with van der Waals surface area (Å²) in [7, 11) is 3.80. The van der Waals surface area contributed by atoms with Gasteiger partial charge in [0.1, 0.15) is 5.75 Å². The zero-order valence-corrected chi connectivity index (χ0v) is 11.8. The molecule has 0 saturated heterocycles. The van der Waals surface area contributed by atoms with Crippen LogP contribution in [0.15, 0.2) is 12.1 Å². The second kappa shape index (κ2) is 7.03. The number of hydrogen-bond donors (Lipinski definition) is 0. The van der Waals surface area contributed by atoms with E-state index in [9.17, 15) is 0 Å². The Morgan fingerprint density at radius 3 is 2.39 bits per heavy atom. The number of rotatable bonds is 6. The Kier molecular flexibility index (Phi) is 5.67. The predicted molar refractivity (Wildman–Crippen MR) is 73.6 cm³/mol. The number of nitriles is 1. The minimum Gasteiger partial charge on any atom is -0.496 e. The molecule has 0 fully saturated rings.